The molecule has 0 spiro atoms. The second-order valence-electron chi connectivity index (χ2n) is 9.71. The Hall–Kier alpha value is -1.43. The maximum absolute atomic E-state index is 12.7. The van der Waals surface area contributed by atoms with Crippen LogP contribution < -0.4 is 5.32 Å². The van der Waals surface area contributed by atoms with E-state index in [-0.39, 0.29) is 17.2 Å². The molecule has 3 aliphatic carbocycles. The summed E-state index contributed by atoms with van der Waals surface area (Å²) in [4.78, 5) is 17.0. The van der Waals surface area contributed by atoms with Crippen molar-refractivity contribution in [3.63, 3.8) is 0 Å². The summed E-state index contributed by atoms with van der Waals surface area (Å²) in [5, 5.41) is 3.13. The van der Waals surface area contributed by atoms with Crippen LogP contribution in [0.15, 0.2) is 12.1 Å². The zero-order chi connectivity index (χ0) is 19.9. The zero-order valence-electron chi connectivity index (χ0n) is 17.0. The van der Waals surface area contributed by atoms with Gasteiger partial charge in [0.15, 0.2) is 9.84 Å². The van der Waals surface area contributed by atoms with Crippen LogP contribution in [-0.2, 0) is 9.84 Å². The summed E-state index contributed by atoms with van der Waals surface area (Å²) in [7, 11) is -2.92. The molecular weight excluding hydrogens is 372 g/mol. The quantitative estimate of drug-likeness (QED) is 0.684. The van der Waals surface area contributed by atoms with Crippen LogP contribution in [0.4, 0.5) is 0 Å². The summed E-state index contributed by atoms with van der Waals surface area (Å²) in [5.74, 6) is 2.11. The lowest BCUT2D eigenvalue weighted by atomic mass is 9.60. The molecule has 1 heterocycles. The van der Waals surface area contributed by atoms with Crippen LogP contribution in [0, 0.1) is 37.0 Å². The van der Waals surface area contributed by atoms with Crippen molar-refractivity contribution in [2.24, 2.45) is 23.2 Å². The lowest BCUT2D eigenvalue weighted by Crippen LogP contribution is -2.48. The highest BCUT2D eigenvalue weighted by Gasteiger charge is 2.48. The van der Waals surface area contributed by atoms with Crippen LogP contribution in [-0.4, -0.2) is 37.4 Å². The van der Waals surface area contributed by atoms with Gasteiger partial charge < -0.3 is 5.32 Å². The second kappa shape index (κ2) is 7.43. The summed E-state index contributed by atoms with van der Waals surface area (Å²) in [6.07, 6.45) is 7.70. The SMILES string of the molecule is Cc1ccc(C(=O)NCC2(CC3CC3)CC(CS(=O)(=O)CC3CC3)C2)c(C)n1. The van der Waals surface area contributed by atoms with E-state index in [4.69, 9.17) is 0 Å². The van der Waals surface area contributed by atoms with Gasteiger partial charge in [-0.3, -0.25) is 9.78 Å². The molecule has 0 aliphatic heterocycles. The van der Waals surface area contributed by atoms with Crippen molar-refractivity contribution < 1.29 is 13.2 Å². The van der Waals surface area contributed by atoms with Gasteiger partial charge in [-0.05, 0) is 81.3 Å². The van der Waals surface area contributed by atoms with E-state index in [1.165, 1.54) is 12.8 Å². The molecule has 3 fully saturated rings. The molecule has 5 nitrogen and oxygen atoms in total. The first-order chi connectivity index (χ1) is 13.2. The van der Waals surface area contributed by atoms with E-state index in [0.29, 0.717) is 29.5 Å². The molecule has 4 rings (SSSR count). The van der Waals surface area contributed by atoms with Gasteiger partial charge in [0.25, 0.3) is 5.91 Å². The standard InChI is InChI=1S/C22H32N2O3S/c1-15-3-8-20(16(2)24-15)21(25)23-14-22(9-17-4-5-17)10-19(11-22)13-28(26,27)12-18-6-7-18/h3,8,17-19H,4-7,9-14H2,1-2H3,(H,23,25). The number of nitrogens with zero attached hydrogens (tertiary/aromatic N) is 1. The fourth-order valence-corrected chi connectivity index (χ4v) is 7.10. The monoisotopic (exact) mass is 404 g/mol. The Morgan fingerprint density at radius 3 is 2.32 bits per heavy atom. The number of sulfone groups is 1. The van der Waals surface area contributed by atoms with E-state index >= 15 is 0 Å². The number of carbonyl (C=O) groups is 1. The Morgan fingerprint density at radius 1 is 1.07 bits per heavy atom. The lowest BCUT2D eigenvalue weighted by Gasteiger charge is -2.48. The molecule has 0 radical (unpaired) electrons. The topological polar surface area (TPSA) is 76.1 Å². The van der Waals surface area contributed by atoms with Gasteiger partial charge in [-0.2, -0.15) is 0 Å². The third kappa shape index (κ3) is 4.94. The molecule has 1 amide bonds. The molecule has 154 valence electrons. The third-order valence-electron chi connectivity index (χ3n) is 6.63. The van der Waals surface area contributed by atoms with Crippen molar-refractivity contribution in [1.29, 1.82) is 0 Å². The van der Waals surface area contributed by atoms with Crippen LogP contribution in [0.25, 0.3) is 0 Å². The predicted octanol–water partition coefficient (Wildman–Crippen LogP) is 3.45. The predicted molar refractivity (Wildman–Crippen MR) is 110 cm³/mol. The van der Waals surface area contributed by atoms with E-state index in [0.717, 1.165) is 49.4 Å². The van der Waals surface area contributed by atoms with E-state index in [1.54, 1.807) is 0 Å². The maximum Gasteiger partial charge on any atom is 0.253 e. The molecule has 0 atom stereocenters. The van der Waals surface area contributed by atoms with Crippen molar-refractivity contribution in [2.75, 3.05) is 18.1 Å². The van der Waals surface area contributed by atoms with Crippen LogP contribution in [0.3, 0.4) is 0 Å². The van der Waals surface area contributed by atoms with E-state index in [2.05, 4.69) is 10.3 Å². The van der Waals surface area contributed by atoms with Crippen molar-refractivity contribution >= 4 is 15.7 Å². The van der Waals surface area contributed by atoms with Crippen LogP contribution in [0.5, 0.6) is 0 Å². The molecule has 1 aromatic rings. The Labute approximate surface area is 168 Å². The van der Waals surface area contributed by atoms with E-state index < -0.39 is 9.84 Å². The number of rotatable bonds is 9. The van der Waals surface area contributed by atoms with Crippen LogP contribution in [0.2, 0.25) is 0 Å². The third-order valence-corrected chi connectivity index (χ3v) is 8.59. The summed E-state index contributed by atoms with van der Waals surface area (Å²) in [5.41, 5.74) is 2.39. The number of nitrogens with one attached hydrogen (secondary N) is 1. The zero-order valence-corrected chi connectivity index (χ0v) is 17.9. The average Bonchev–Trinajstić information content (AvgIpc) is 3.47. The highest BCUT2D eigenvalue weighted by atomic mass is 32.2. The number of pyridine rings is 1. The molecule has 3 saturated carbocycles. The Balaban J connectivity index is 1.34. The maximum atomic E-state index is 12.7. The Bertz CT molecular complexity index is 851. The first-order valence-corrected chi connectivity index (χ1v) is 12.5. The minimum atomic E-state index is -2.92. The average molecular weight is 405 g/mol. The number of hydrogen-bond donors (Lipinski definition) is 1. The summed E-state index contributed by atoms with van der Waals surface area (Å²) in [6.45, 7) is 4.44. The summed E-state index contributed by atoms with van der Waals surface area (Å²) >= 11 is 0. The van der Waals surface area contributed by atoms with Gasteiger partial charge in [0, 0.05) is 12.2 Å². The molecule has 3 aliphatic rings. The molecule has 28 heavy (non-hydrogen) atoms. The molecule has 1 aromatic heterocycles. The highest BCUT2D eigenvalue weighted by Crippen LogP contribution is 2.54. The van der Waals surface area contributed by atoms with Crippen molar-refractivity contribution in [3.05, 3.63) is 29.1 Å². The number of amides is 1. The van der Waals surface area contributed by atoms with Gasteiger partial charge in [0.05, 0.1) is 22.8 Å². The molecule has 0 aromatic carbocycles. The second-order valence-corrected chi connectivity index (χ2v) is 11.9. The van der Waals surface area contributed by atoms with Gasteiger partial charge in [0.2, 0.25) is 0 Å². The number of aromatic nitrogens is 1. The van der Waals surface area contributed by atoms with Crippen LogP contribution in [0.1, 0.15) is 66.7 Å². The molecular formula is C22H32N2O3S. The van der Waals surface area contributed by atoms with Gasteiger partial charge in [-0.25, -0.2) is 8.42 Å². The van der Waals surface area contributed by atoms with Gasteiger partial charge in [0.1, 0.15) is 0 Å². The van der Waals surface area contributed by atoms with Gasteiger partial charge in [-0.15, -0.1) is 0 Å². The molecule has 1 N–H and O–H groups in total. The smallest absolute Gasteiger partial charge is 0.253 e. The molecule has 6 heteroatoms. The summed E-state index contributed by atoms with van der Waals surface area (Å²) in [6, 6.07) is 3.71. The van der Waals surface area contributed by atoms with Gasteiger partial charge >= 0.3 is 0 Å². The summed E-state index contributed by atoms with van der Waals surface area (Å²) < 4.78 is 24.7. The fourth-order valence-electron chi connectivity index (χ4n) is 4.96. The molecule has 0 unspecified atom stereocenters. The Kier molecular flexibility index (Phi) is 5.27. The minimum absolute atomic E-state index is 0.0648. The normalized spacial score (nSPS) is 27.3. The minimum Gasteiger partial charge on any atom is -0.351 e. The van der Waals surface area contributed by atoms with Crippen molar-refractivity contribution in [3.8, 4) is 0 Å². The van der Waals surface area contributed by atoms with Crippen molar-refractivity contribution in [2.45, 2.75) is 58.8 Å². The number of aryl methyl sites for hydroxylation is 2. The largest absolute Gasteiger partial charge is 0.351 e. The number of hydrogen-bond acceptors (Lipinski definition) is 4. The first kappa shape index (κ1) is 19.9. The Morgan fingerprint density at radius 2 is 1.71 bits per heavy atom. The fraction of sp³-hybridized carbons (Fsp3) is 0.727. The van der Waals surface area contributed by atoms with Crippen LogP contribution >= 0.6 is 0 Å². The highest BCUT2D eigenvalue weighted by molar-refractivity contribution is 7.91. The van der Waals surface area contributed by atoms with E-state index in [1.807, 2.05) is 26.0 Å². The molecule has 0 saturated heterocycles. The number of carbonyl (C=O) groups excluding carboxylic acids is 1. The van der Waals surface area contributed by atoms with Crippen molar-refractivity contribution in [1.82, 2.24) is 10.3 Å². The van der Waals surface area contributed by atoms with E-state index in [9.17, 15) is 13.2 Å². The first-order valence-electron chi connectivity index (χ1n) is 10.7. The lowest BCUT2D eigenvalue weighted by molar-refractivity contribution is 0.0475. The van der Waals surface area contributed by atoms with Gasteiger partial charge in [-0.1, -0.05) is 12.8 Å². The molecule has 0 bridgehead atoms.